The van der Waals surface area contributed by atoms with E-state index in [9.17, 15) is 31.0 Å². The van der Waals surface area contributed by atoms with Crippen molar-refractivity contribution >= 4 is 48.1 Å². The molecule has 0 saturated heterocycles. The molecule has 0 bridgehead atoms. The summed E-state index contributed by atoms with van der Waals surface area (Å²) in [7, 11) is -9.27. The van der Waals surface area contributed by atoms with Crippen LogP contribution in [0.1, 0.15) is 30.9 Å². The number of hydrogen-bond donors (Lipinski definition) is 4. The lowest BCUT2D eigenvalue weighted by Crippen LogP contribution is -2.04. The third kappa shape index (κ3) is 5.14. The Kier molecular flexibility index (Phi) is 6.75. The van der Waals surface area contributed by atoms with Crippen LogP contribution in [0, 0.1) is 6.92 Å². The molecule has 0 saturated carbocycles. The minimum atomic E-state index is -4.68. The smallest absolute Gasteiger partial charge is 0.297 e. The summed E-state index contributed by atoms with van der Waals surface area (Å²) in [6.07, 6.45) is 2.38. The number of aryl methyl sites for hydroxylation is 2. The van der Waals surface area contributed by atoms with Crippen molar-refractivity contribution < 1.29 is 31.0 Å². The van der Waals surface area contributed by atoms with Gasteiger partial charge in [0.1, 0.15) is 21.2 Å². The SMILES string of the molecule is CCCCc1ccc(N=Nc2c(C)cc3c(S(=O)(=O)O)c(N)ccc3c2O)c(S(=O)(=O)O)c1. The second-order valence-electron chi connectivity index (χ2n) is 7.53. The van der Waals surface area contributed by atoms with Gasteiger partial charge in [0.15, 0.2) is 5.75 Å². The second-order valence-corrected chi connectivity index (χ2v) is 10.3. The van der Waals surface area contributed by atoms with Crippen LogP contribution in [0.15, 0.2) is 56.4 Å². The van der Waals surface area contributed by atoms with Crippen molar-refractivity contribution in [2.24, 2.45) is 10.2 Å². The summed E-state index contributed by atoms with van der Waals surface area (Å²) >= 11 is 0. The minimum Gasteiger partial charge on any atom is -0.505 e. The molecule has 0 aromatic heterocycles. The number of hydrogen-bond acceptors (Lipinski definition) is 8. The van der Waals surface area contributed by atoms with Crippen molar-refractivity contribution in [2.45, 2.75) is 42.9 Å². The summed E-state index contributed by atoms with van der Waals surface area (Å²) in [5.74, 6) is -0.438. The van der Waals surface area contributed by atoms with Crippen LogP contribution in [-0.4, -0.2) is 31.0 Å². The first-order valence-electron chi connectivity index (χ1n) is 9.89. The maximum absolute atomic E-state index is 11.9. The Morgan fingerprint density at radius 3 is 2.24 bits per heavy atom. The molecule has 33 heavy (non-hydrogen) atoms. The highest BCUT2D eigenvalue weighted by Gasteiger charge is 2.22. The monoisotopic (exact) mass is 493 g/mol. The van der Waals surface area contributed by atoms with E-state index in [1.807, 2.05) is 6.92 Å². The van der Waals surface area contributed by atoms with Crippen LogP contribution in [0.2, 0.25) is 0 Å². The Labute approximate surface area is 191 Å². The standard InChI is InChI=1S/C21H23N3O7S2/c1-3-4-5-13-6-9-17(18(11-13)32(26,27)28)23-24-19-12(2)10-15-14(20(19)25)7-8-16(22)21(15)33(29,30)31/h6-11,25H,3-5,22H2,1-2H3,(H,26,27,28)(H,29,30,31). The van der Waals surface area contributed by atoms with Gasteiger partial charge in [0, 0.05) is 10.8 Å². The Bertz CT molecular complexity index is 1480. The molecule has 0 radical (unpaired) electrons. The fraction of sp³-hybridized carbons (Fsp3) is 0.238. The minimum absolute atomic E-state index is 0.00893. The fourth-order valence-electron chi connectivity index (χ4n) is 3.47. The third-order valence-electron chi connectivity index (χ3n) is 5.08. The Balaban J connectivity index is 2.16. The van der Waals surface area contributed by atoms with Crippen molar-refractivity contribution in [1.29, 1.82) is 0 Å². The number of aromatic hydroxyl groups is 1. The average molecular weight is 494 g/mol. The average Bonchev–Trinajstić information content (AvgIpc) is 2.70. The van der Waals surface area contributed by atoms with E-state index in [1.54, 1.807) is 6.07 Å². The number of unbranched alkanes of at least 4 members (excludes halogenated alkanes) is 1. The maximum atomic E-state index is 11.9. The molecule has 0 aliphatic rings. The molecule has 0 unspecified atom stereocenters. The molecule has 5 N–H and O–H groups in total. The van der Waals surface area contributed by atoms with Gasteiger partial charge in [0.05, 0.1) is 5.69 Å². The van der Waals surface area contributed by atoms with Gasteiger partial charge < -0.3 is 10.8 Å². The van der Waals surface area contributed by atoms with Gasteiger partial charge in [-0.25, -0.2) is 0 Å². The molecule has 3 rings (SSSR count). The van der Waals surface area contributed by atoms with E-state index in [4.69, 9.17) is 5.73 Å². The highest BCUT2D eigenvalue weighted by molar-refractivity contribution is 7.86. The molecule has 0 aliphatic heterocycles. The van der Waals surface area contributed by atoms with E-state index in [-0.39, 0.29) is 33.4 Å². The molecule has 0 heterocycles. The Morgan fingerprint density at radius 1 is 0.939 bits per heavy atom. The topological polar surface area (TPSA) is 180 Å². The van der Waals surface area contributed by atoms with E-state index in [0.29, 0.717) is 12.0 Å². The van der Waals surface area contributed by atoms with Crippen molar-refractivity contribution in [3.05, 3.63) is 47.5 Å². The number of anilines is 1. The van der Waals surface area contributed by atoms with Crippen molar-refractivity contribution in [3.63, 3.8) is 0 Å². The zero-order valence-corrected chi connectivity index (χ0v) is 19.5. The molecule has 0 atom stereocenters. The molecule has 0 amide bonds. The van der Waals surface area contributed by atoms with Gasteiger partial charge in [-0.05, 0) is 61.2 Å². The number of fused-ring (bicyclic) bond motifs is 1. The van der Waals surface area contributed by atoms with Crippen molar-refractivity contribution in [3.8, 4) is 5.75 Å². The molecule has 0 aliphatic carbocycles. The van der Waals surface area contributed by atoms with Gasteiger partial charge in [-0.15, -0.1) is 10.2 Å². The van der Waals surface area contributed by atoms with Crippen molar-refractivity contribution in [2.75, 3.05) is 5.73 Å². The van der Waals surface area contributed by atoms with Gasteiger partial charge in [0.2, 0.25) is 0 Å². The first-order chi connectivity index (χ1) is 15.3. The van der Waals surface area contributed by atoms with Crippen LogP contribution in [0.3, 0.4) is 0 Å². The number of nitrogens with two attached hydrogens (primary N) is 1. The van der Waals surface area contributed by atoms with Gasteiger partial charge >= 0.3 is 0 Å². The van der Waals surface area contributed by atoms with Crippen molar-refractivity contribution in [1.82, 2.24) is 0 Å². The summed E-state index contributed by atoms with van der Waals surface area (Å²) < 4.78 is 66.5. The molecule has 12 heteroatoms. The van der Waals surface area contributed by atoms with E-state index in [1.165, 1.54) is 37.3 Å². The Hall–Kier alpha value is -3.06. The number of phenolic OH excluding ortho intramolecular Hbond substituents is 1. The third-order valence-corrected chi connectivity index (χ3v) is 6.93. The number of phenols is 1. The van der Waals surface area contributed by atoms with Gasteiger partial charge in [-0.2, -0.15) is 16.8 Å². The zero-order chi connectivity index (χ0) is 24.6. The largest absolute Gasteiger partial charge is 0.505 e. The summed E-state index contributed by atoms with van der Waals surface area (Å²) in [5.41, 5.74) is 6.32. The van der Waals surface area contributed by atoms with Crippen LogP contribution < -0.4 is 5.73 Å². The van der Waals surface area contributed by atoms with E-state index in [2.05, 4.69) is 10.2 Å². The summed E-state index contributed by atoms with van der Waals surface area (Å²) in [6, 6.07) is 8.34. The number of azo groups is 1. The lowest BCUT2D eigenvalue weighted by molar-refractivity contribution is 0.481. The Morgan fingerprint density at radius 2 is 1.64 bits per heavy atom. The van der Waals surface area contributed by atoms with E-state index >= 15 is 0 Å². The molecular formula is C21H23N3O7S2. The molecule has 3 aromatic rings. The normalized spacial score (nSPS) is 12.6. The number of benzene rings is 3. The lowest BCUT2D eigenvalue weighted by atomic mass is 10.0. The first-order valence-corrected chi connectivity index (χ1v) is 12.8. The van der Waals surface area contributed by atoms with Crippen LogP contribution in [0.5, 0.6) is 5.75 Å². The summed E-state index contributed by atoms with van der Waals surface area (Å²) in [6.45, 7) is 3.51. The predicted octanol–water partition coefficient (Wildman–Crippen LogP) is 4.69. The maximum Gasteiger partial charge on any atom is 0.297 e. The molecule has 176 valence electrons. The van der Waals surface area contributed by atoms with Crippen LogP contribution in [0.25, 0.3) is 10.8 Å². The number of nitrogen functional groups attached to an aromatic ring is 1. The zero-order valence-electron chi connectivity index (χ0n) is 17.8. The quantitative estimate of drug-likeness (QED) is 0.208. The molecule has 3 aromatic carbocycles. The predicted molar refractivity (Wildman–Crippen MR) is 124 cm³/mol. The van der Waals surface area contributed by atoms with Crippen LogP contribution >= 0.6 is 0 Å². The molecule has 0 fully saturated rings. The highest BCUT2D eigenvalue weighted by atomic mass is 32.2. The highest BCUT2D eigenvalue weighted by Crippen LogP contribution is 2.42. The first kappa shape index (κ1) is 24.6. The van der Waals surface area contributed by atoms with Gasteiger partial charge in [-0.3, -0.25) is 9.11 Å². The summed E-state index contributed by atoms with van der Waals surface area (Å²) in [5, 5.41) is 18.6. The molecule has 10 nitrogen and oxygen atoms in total. The molecular weight excluding hydrogens is 470 g/mol. The van der Waals surface area contributed by atoms with E-state index < -0.39 is 35.8 Å². The van der Waals surface area contributed by atoms with E-state index in [0.717, 1.165) is 12.8 Å². The summed E-state index contributed by atoms with van der Waals surface area (Å²) in [4.78, 5) is -0.961. The fourth-order valence-corrected chi connectivity index (χ4v) is 4.95. The second kappa shape index (κ2) is 9.06. The lowest BCUT2D eigenvalue weighted by Gasteiger charge is -2.12. The van der Waals surface area contributed by atoms with Gasteiger partial charge in [0.25, 0.3) is 20.2 Å². The molecule has 0 spiro atoms. The van der Waals surface area contributed by atoms with Gasteiger partial charge in [-0.1, -0.05) is 19.4 Å². The number of rotatable bonds is 7. The van der Waals surface area contributed by atoms with Crippen LogP contribution in [0.4, 0.5) is 17.1 Å². The van der Waals surface area contributed by atoms with Crippen LogP contribution in [-0.2, 0) is 26.7 Å². The number of nitrogens with zero attached hydrogens (tertiary/aromatic N) is 2.